The van der Waals surface area contributed by atoms with Crippen LogP contribution in [0.4, 0.5) is 0 Å². The fourth-order valence-electron chi connectivity index (χ4n) is 1.88. The molecule has 0 aliphatic heterocycles. The van der Waals surface area contributed by atoms with E-state index in [0.717, 1.165) is 11.1 Å². The maximum Gasteiger partial charge on any atom is 0.303 e. The first-order valence-corrected chi connectivity index (χ1v) is 6.66. The Hall–Kier alpha value is -2.10. The minimum Gasteiger partial charge on any atom is -0.481 e. The summed E-state index contributed by atoms with van der Waals surface area (Å²) in [6, 6.07) is 5.89. The lowest BCUT2D eigenvalue weighted by atomic mass is 10.1. The molecule has 0 radical (unpaired) electrons. The van der Waals surface area contributed by atoms with E-state index in [1.165, 1.54) is 11.6 Å². The first-order valence-electron chi connectivity index (χ1n) is 6.66. The molecule has 1 aromatic carbocycles. The van der Waals surface area contributed by atoms with Crippen molar-refractivity contribution in [1.29, 1.82) is 0 Å². The summed E-state index contributed by atoms with van der Waals surface area (Å²) in [4.78, 5) is 22.1. The van der Waals surface area contributed by atoms with E-state index in [1.807, 2.05) is 26.0 Å². The van der Waals surface area contributed by atoms with Crippen LogP contribution in [0.3, 0.4) is 0 Å². The molecule has 4 nitrogen and oxygen atoms in total. The van der Waals surface area contributed by atoms with Crippen molar-refractivity contribution in [2.45, 2.75) is 39.7 Å². The number of hydrogen-bond acceptors (Lipinski definition) is 2. The highest BCUT2D eigenvalue weighted by molar-refractivity contribution is 5.92. The molecular formula is C16H21NO3. The molecule has 0 spiro atoms. The van der Waals surface area contributed by atoms with Crippen molar-refractivity contribution in [3.63, 3.8) is 0 Å². The van der Waals surface area contributed by atoms with Crippen LogP contribution in [-0.4, -0.2) is 23.0 Å². The number of carboxylic acids is 1. The first-order chi connectivity index (χ1) is 9.38. The fourth-order valence-corrected chi connectivity index (χ4v) is 1.88. The zero-order chi connectivity index (χ0) is 15.1. The van der Waals surface area contributed by atoms with Crippen LogP contribution < -0.4 is 5.32 Å². The standard InChI is InChI=1S/C16H21NO3/c1-11-4-6-14(12(2)10-11)7-8-15(18)17-13(3)5-9-16(19)20/h4,6-8,10,13H,5,9H2,1-3H3,(H,17,18)(H,19,20). The average Bonchev–Trinajstić information content (AvgIpc) is 2.35. The number of rotatable bonds is 6. The lowest BCUT2D eigenvalue weighted by Gasteiger charge is -2.10. The van der Waals surface area contributed by atoms with Crippen molar-refractivity contribution in [3.05, 3.63) is 41.0 Å². The highest BCUT2D eigenvalue weighted by Gasteiger charge is 2.07. The Bertz CT molecular complexity index is 520. The summed E-state index contributed by atoms with van der Waals surface area (Å²) in [5.74, 6) is -1.06. The Morgan fingerprint density at radius 1 is 1.35 bits per heavy atom. The molecule has 0 fully saturated rings. The molecule has 2 N–H and O–H groups in total. The molecule has 1 rings (SSSR count). The molecule has 0 bridgehead atoms. The average molecular weight is 275 g/mol. The molecule has 20 heavy (non-hydrogen) atoms. The maximum absolute atomic E-state index is 11.7. The third-order valence-corrected chi connectivity index (χ3v) is 3.02. The lowest BCUT2D eigenvalue weighted by Crippen LogP contribution is -2.31. The van der Waals surface area contributed by atoms with Gasteiger partial charge in [0.15, 0.2) is 0 Å². The van der Waals surface area contributed by atoms with E-state index in [-0.39, 0.29) is 18.4 Å². The second-order valence-electron chi connectivity index (χ2n) is 5.04. The van der Waals surface area contributed by atoms with E-state index in [4.69, 9.17) is 5.11 Å². The molecule has 0 aromatic heterocycles. The summed E-state index contributed by atoms with van der Waals surface area (Å²) in [6.45, 7) is 5.82. The molecule has 1 unspecified atom stereocenters. The van der Waals surface area contributed by atoms with Gasteiger partial charge in [0.1, 0.15) is 0 Å². The summed E-state index contributed by atoms with van der Waals surface area (Å²) >= 11 is 0. The Labute approximate surface area is 119 Å². The third kappa shape index (κ3) is 5.69. The minimum atomic E-state index is -0.850. The molecule has 1 atom stereocenters. The van der Waals surface area contributed by atoms with Crippen molar-refractivity contribution in [2.24, 2.45) is 0 Å². The highest BCUT2D eigenvalue weighted by Crippen LogP contribution is 2.12. The van der Waals surface area contributed by atoms with Crippen molar-refractivity contribution < 1.29 is 14.7 Å². The SMILES string of the molecule is Cc1ccc(C=CC(=O)NC(C)CCC(=O)O)c(C)c1. The quantitative estimate of drug-likeness (QED) is 0.784. The predicted octanol–water partition coefficient (Wildman–Crippen LogP) is 2.69. The second-order valence-corrected chi connectivity index (χ2v) is 5.04. The maximum atomic E-state index is 11.7. The van der Waals surface area contributed by atoms with Gasteiger partial charge in [-0.15, -0.1) is 0 Å². The zero-order valence-corrected chi connectivity index (χ0v) is 12.1. The summed E-state index contributed by atoms with van der Waals surface area (Å²) in [5.41, 5.74) is 3.31. The van der Waals surface area contributed by atoms with Crippen molar-refractivity contribution in [1.82, 2.24) is 5.32 Å². The Morgan fingerprint density at radius 3 is 2.65 bits per heavy atom. The molecule has 0 saturated heterocycles. The van der Waals surface area contributed by atoms with E-state index >= 15 is 0 Å². The Balaban J connectivity index is 2.53. The number of hydrogen-bond donors (Lipinski definition) is 2. The van der Waals surface area contributed by atoms with Gasteiger partial charge < -0.3 is 10.4 Å². The van der Waals surface area contributed by atoms with Crippen molar-refractivity contribution in [3.8, 4) is 0 Å². The Kier molecular flexibility index (Phi) is 5.97. The number of amides is 1. The van der Waals surface area contributed by atoms with Crippen molar-refractivity contribution in [2.75, 3.05) is 0 Å². The molecular weight excluding hydrogens is 254 g/mol. The third-order valence-electron chi connectivity index (χ3n) is 3.02. The summed E-state index contributed by atoms with van der Waals surface area (Å²) in [5, 5.41) is 11.3. The van der Waals surface area contributed by atoms with Gasteiger partial charge in [-0.2, -0.15) is 0 Å². The smallest absolute Gasteiger partial charge is 0.303 e. The monoisotopic (exact) mass is 275 g/mol. The van der Waals surface area contributed by atoms with E-state index in [9.17, 15) is 9.59 Å². The number of benzene rings is 1. The van der Waals surface area contributed by atoms with Gasteiger partial charge in [-0.05, 0) is 44.4 Å². The van der Waals surface area contributed by atoms with Gasteiger partial charge >= 0.3 is 5.97 Å². The van der Waals surface area contributed by atoms with E-state index in [1.54, 1.807) is 13.0 Å². The number of nitrogens with one attached hydrogen (secondary N) is 1. The molecule has 1 amide bonds. The molecule has 0 aliphatic rings. The van der Waals surface area contributed by atoms with Gasteiger partial charge in [0.2, 0.25) is 5.91 Å². The molecule has 1 aromatic rings. The first kappa shape index (κ1) is 16.0. The number of aryl methyl sites for hydroxylation is 2. The minimum absolute atomic E-state index is 0.0578. The summed E-state index contributed by atoms with van der Waals surface area (Å²) in [6.07, 6.45) is 3.74. The number of carbonyl (C=O) groups is 2. The van der Waals surface area contributed by atoms with Crippen LogP contribution in [0.1, 0.15) is 36.5 Å². The summed E-state index contributed by atoms with van der Waals surface area (Å²) in [7, 11) is 0. The highest BCUT2D eigenvalue weighted by atomic mass is 16.4. The normalized spacial score (nSPS) is 12.3. The molecule has 108 valence electrons. The van der Waals surface area contributed by atoms with Gasteiger partial charge in [0.25, 0.3) is 0 Å². The van der Waals surface area contributed by atoms with Crippen LogP contribution in [0.25, 0.3) is 6.08 Å². The topological polar surface area (TPSA) is 66.4 Å². The van der Waals surface area contributed by atoms with Crippen molar-refractivity contribution >= 4 is 18.0 Å². The van der Waals surface area contributed by atoms with Crippen LogP contribution in [0, 0.1) is 13.8 Å². The second kappa shape index (κ2) is 7.48. The predicted molar refractivity (Wildman–Crippen MR) is 79.4 cm³/mol. The van der Waals surface area contributed by atoms with Crippen LogP contribution in [0.5, 0.6) is 0 Å². The van der Waals surface area contributed by atoms with Crippen LogP contribution in [0.2, 0.25) is 0 Å². The lowest BCUT2D eigenvalue weighted by molar-refractivity contribution is -0.137. The Morgan fingerprint density at radius 2 is 2.05 bits per heavy atom. The van der Waals surface area contributed by atoms with E-state index in [2.05, 4.69) is 11.4 Å². The fraction of sp³-hybridized carbons (Fsp3) is 0.375. The van der Waals surface area contributed by atoms with Gasteiger partial charge in [-0.1, -0.05) is 23.8 Å². The number of carboxylic acid groups (broad SMARTS) is 1. The molecule has 0 aliphatic carbocycles. The van der Waals surface area contributed by atoms with Crippen LogP contribution in [0.15, 0.2) is 24.3 Å². The van der Waals surface area contributed by atoms with Crippen LogP contribution in [-0.2, 0) is 9.59 Å². The van der Waals surface area contributed by atoms with Gasteiger partial charge in [0.05, 0.1) is 0 Å². The summed E-state index contributed by atoms with van der Waals surface area (Å²) < 4.78 is 0. The number of aliphatic carboxylic acids is 1. The van der Waals surface area contributed by atoms with Gasteiger partial charge in [-0.25, -0.2) is 0 Å². The molecule has 0 heterocycles. The molecule has 4 heteroatoms. The zero-order valence-electron chi connectivity index (χ0n) is 12.1. The number of carbonyl (C=O) groups excluding carboxylic acids is 1. The van der Waals surface area contributed by atoms with Gasteiger partial charge in [-0.3, -0.25) is 9.59 Å². The van der Waals surface area contributed by atoms with E-state index < -0.39 is 5.97 Å². The van der Waals surface area contributed by atoms with Crippen LogP contribution >= 0.6 is 0 Å². The molecule has 0 saturated carbocycles. The van der Waals surface area contributed by atoms with Gasteiger partial charge in [0, 0.05) is 18.5 Å². The largest absolute Gasteiger partial charge is 0.481 e. The van der Waals surface area contributed by atoms with E-state index in [0.29, 0.717) is 6.42 Å².